The highest BCUT2D eigenvalue weighted by molar-refractivity contribution is 7.89. The lowest BCUT2D eigenvalue weighted by atomic mass is 10.0. The molecule has 1 saturated carbocycles. The van der Waals surface area contributed by atoms with Gasteiger partial charge < -0.3 is 10.8 Å². The molecule has 6 nitrogen and oxygen atoms in total. The van der Waals surface area contributed by atoms with E-state index in [9.17, 15) is 13.2 Å². The van der Waals surface area contributed by atoms with E-state index in [4.69, 9.17) is 10.8 Å². The molecule has 0 bridgehead atoms. The lowest BCUT2D eigenvalue weighted by Gasteiger charge is -2.20. The zero-order chi connectivity index (χ0) is 15.6. The van der Waals surface area contributed by atoms with Gasteiger partial charge in [0.1, 0.15) is 4.90 Å². The Balaban J connectivity index is 2.21. The molecule has 0 aromatic heterocycles. The van der Waals surface area contributed by atoms with Gasteiger partial charge in [0.25, 0.3) is 0 Å². The molecule has 0 aliphatic heterocycles. The quantitative estimate of drug-likeness (QED) is 0.718. The van der Waals surface area contributed by atoms with E-state index in [0.29, 0.717) is 5.92 Å². The van der Waals surface area contributed by atoms with Crippen LogP contribution in [0.2, 0.25) is 0 Å². The standard InChI is InChI=1S/C14H20N2O4S/c1-9(10-4-2-3-5-10)16-21(19,20)13-7-6-11(14(17)18)8-12(13)15/h6-10,16H,2-5,15H2,1H3,(H,17,18). The zero-order valence-corrected chi connectivity index (χ0v) is 12.7. The molecule has 7 heteroatoms. The summed E-state index contributed by atoms with van der Waals surface area (Å²) in [6, 6.07) is 3.49. The fraction of sp³-hybridized carbons (Fsp3) is 0.500. The smallest absolute Gasteiger partial charge is 0.335 e. The number of nitrogen functional groups attached to an aromatic ring is 1. The summed E-state index contributed by atoms with van der Waals surface area (Å²) in [6.45, 7) is 1.86. The van der Waals surface area contributed by atoms with Crippen molar-refractivity contribution < 1.29 is 18.3 Å². The Hall–Kier alpha value is -1.60. The summed E-state index contributed by atoms with van der Waals surface area (Å²) in [5, 5.41) is 8.87. The van der Waals surface area contributed by atoms with Gasteiger partial charge in [-0.05, 0) is 43.9 Å². The molecule has 4 N–H and O–H groups in total. The van der Waals surface area contributed by atoms with E-state index in [1.165, 1.54) is 12.1 Å². The third-order valence-electron chi connectivity index (χ3n) is 3.99. The first-order chi connectivity index (χ1) is 9.81. The number of hydrogen-bond donors (Lipinski definition) is 3. The molecule has 0 heterocycles. The maximum absolute atomic E-state index is 12.4. The normalized spacial score (nSPS) is 17.8. The van der Waals surface area contributed by atoms with Crippen LogP contribution < -0.4 is 10.5 Å². The number of anilines is 1. The first kappa shape index (κ1) is 15.8. The van der Waals surface area contributed by atoms with Crippen molar-refractivity contribution >= 4 is 21.7 Å². The van der Waals surface area contributed by atoms with Gasteiger partial charge in [0.05, 0.1) is 11.3 Å². The van der Waals surface area contributed by atoms with Crippen molar-refractivity contribution in [2.24, 2.45) is 5.92 Å². The Morgan fingerprint density at radius 1 is 1.38 bits per heavy atom. The zero-order valence-electron chi connectivity index (χ0n) is 11.9. The van der Waals surface area contributed by atoms with Gasteiger partial charge in [-0.3, -0.25) is 0 Å². The van der Waals surface area contributed by atoms with E-state index in [0.717, 1.165) is 31.7 Å². The third kappa shape index (κ3) is 3.54. The largest absolute Gasteiger partial charge is 0.478 e. The van der Waals surface area contributed by atoms with Gasteiger partial charge >= 0.3 is 5.97 Å². The number of nitrogens with two attached hydrogens (primary N) is 1. The Morgan fingerprint density at radius 3 is 2.52 bits per heavy atom. The Morgan fingerprint density at radius 2 is 2.00 bits per heavy atom. The van der Waals surface area contributed by atoms with Crippen LogP contribution in [-0.4, -0.2) is 25.5 Å². The molecule has 1 aliphatic rings. The molecule has 1 unspecified atom stereocenters. The van der Waals surface area contributed by atoms with Crippen molar-refractivity contribution in [3.8, 4) is 0 Å². The van der Waals surface area contributed by atoms with Crippen LogP contribution in [0, 0.1) is 5.92 Å². The van der Waals surface area contributed by atoms with Crippen LogP contribution in [0.3, 0.4) is 0 Å². The summed E-state index contributed by atoms with van der Waals surface area (Å²) in [7, 11) is -3.74. The lowest BCUT2D eigenvalue weighted by molar-refractivity contribution is 0.0697. The fourth-order valence-corrected chi connectivity index (χ4v) is 4.21. The molecule has 1 fully saturated rings. The first-order valence-electron chi connectivity index (χ1n) is 6.96. The fourth-order valence-electron chi connectivity index (χ4n) is 2.79. The number of benzene rings is 1. The monoisotopic (exact) mass is 312 g/mol. The third-order valence-corrected chi connectivity index (χ3v) is 5.63. The van der Waals surface area contributed by atoms with Crippen molar-refractivity contribution in [3.63, 3.8) is 0 Å². The van der Waals surface area contributed by atoms with Crippen molar-refractivity contribution in [1.82, 2.24) is 4.72 Å². The van der Waals surface area contributed by atoms with Crippen LogP contribution in [0.15, 0.2) is 23.1 Å². The SMILES string of the molecule is CC(NS(=O)(=O)c1ccc(C(=O)O)cc1N)C1CCCC1. The summed E-state index contributed by atoms with van der Waals surface area (Å²) >= 11 is 0. The van der Waals surface area contributed by atoms with Crippen LogP contribution in [0.4, 0.5) is 5.69 Å². The molecular weight excluding hydrogens is 292 g/mol. The van der Waals surface area contributed by atoms with Gasteiger partial charge in [0.15, 0.2) is 0 Å². The summed E-state index contributed by atoms with van der Waals surface area (Å²) in [4.78, 5) is 10.8. The number of aromatic carboxylic acids is 1. The number of hydrogen-bond acceptors (Lipinski definition) is 4. The summed E-state index contributed by atoms with van der Waals surface area (Å²) in [5.74, 6) is -0.794. The topological polar surface area (TPSA) is 109 Å². The summed E-state index contributed by atoms with van der Waals surface area (Å²) in [6.07, 6.45) is 4.31. The molecule has 1 aliphatic carbocycles. The van der Waals surface area contributed by atoms with Crippen molar-refractivity contribution in [2.75, 3.05) is 5.73 Å². The van der Waals surface area contributed by atoms with Crippen LogP contribution in [0.1, 0.15) is 43.0 Å². The first-order valence-corrected chi connectivity index (χ1v) is 8.45. The van der Waals surface area contributed by atoms with Crippen LogP contribution >= 0.6 is 0 Å². The van der Waals surface area contributed by atoms with E-state index < -0.39 is 16.0 Å². The molecule has 21 heavy (non-hydrogen) atoms. The highest BCUT2D eigenvalue weighted by atomic mass is 32.2. The Labute approximate surface area is 124 Å². The molecule has 116 valence electrons. The lowest BCUT2D eigenvalue weighted by Crippen LogP contribution is -2.37. The van der Waals surface area contributed by atoms with Gasteiger partial charge in [-0.1, -0.05) is 12.8 Å². The molecule has 2 rings (SSSR count). The number of carboxylic acids is 1. The molecule has 1 atom stereocenters. The van der Waals surface area contributed by atoms with Crippen LogP contribution in [0.5, 0.6) is 0 Å². The number of carboxylic acid groups (broad SMARTS) is 1. The van der Waals surface area contributed by atoms with Gasteiger partial charge in [0, 0.05) is 6.04 Å². The van der Waals surface area contributed by atoms with E-state index in [-0.39, 0.29) is 22.2 Å². The van der Waals surface area contributed by atoms with E-state index in [1.54, 1.807) is 0 Å². The van der Waals surface area contributed by atoms with Crippen molar-refractivity contribution in [2.45, 2.75) is 43.5 Å². The minimum atomic E-state index is -3.74. The molecule has 0 saturated heterocycles. The summed E-state index contributed by atoms with van der Waals surface area (Å²) in [5.41, 5.74) is 5.61. The number of sulfonamides is 1. The number of carbonyl (C=O) groups is 1. The van der Waals surface area contributed by atoms with Crippen LogP contribution in [0.25, 0.3) is 0 Å². The van der Waals surface area contributed by atoms with Gasteiger partial charge in [-0.2, -0.15) is 0 Å². The molecule has 1 aromatic rings. The van der Waals surface area contributed by atoms with Crippen molar-refractivity contribution in [3.05, 3.63) is 23.8 Å². The number of rotatable bonds is 5. The van der Waals surface area contributed by atoms with Crippen molar-refractivity contribution in [1.29, 1.82) is 0 Å². The van der Waals surface area contributed by atoms with Crippen LogP contribution in [-0.2, 0) is 10.0 Å². The van der Waals surface area contributed by atoms with Gasteiger partial charge in [-0.25, -0.2) is 17.9 Å². The van der Waals surface area contributed by atoms with E-state index in [1.807, 2.05) is 6.92 Å². The predicted octanol–water partition coefficient (Wildman–Crippen LogP) is 1.82. The second-order valence-electron chi connectivity index (χ2n) is 5.51. The predicted molar refractivity (Wildman–Crippen MR) is 79.6 cm³/mol. The molecule has 0 amide bonds. The molecule has 1 aromatic carbocycles. The van der Waals surface area contributed by atoms with E-state index in [2.05, 4.69) is 4.72 Å². The minimum Gasteiger partial charge on any atom is -0.478 e. The maximum Gasteiger partial charge on any atom is 0.335 e. The molecule has 0 radical (unpaired) electrons. The Bertz CT molecular complexity index is 636. The maximum atomic E-state index is 12.4. The van der Waals surface area contributed by atoms with Gasteiger partial charge in [0.2, 0.25) is 10.0 Å². The second-order valence-corrected chi connectivity index (χ2v) is 7.19. The molecular formula is C14H20N2O4S. The van der Waals surface area contributed by atoms with E-state index >= 15 is 0 Å². The van der Waals surface area contributed by atoms with Gasteiger partial charge in [-0.15, -0.1) is 0 Å². The average molecular weight is 312 g/mol. The number of nitrogens with one attached hydrogen (secondary N) is 1. The minimum absolute atomic E-state index is 0.0321. The molecule has 0 spiro atoms. The highest BCUT2D eigenvalue weighted by Gasteiger charge is 2.27. The summed E-state index contributed by atoms with van der Waals surface area (Å²) < 4.78 is 27.4. The highest BCUT2D eigenvalue weighted by Crippen LogP contribution is 2.29. The second kappa shape index (κ2) is 6.03. The average Bonchev–Trinajstić information content (AvgIpc) is 2.91. The Kier molecular flexibility index (Phi) is 4.53.